The number of aromatic nitrogens is 1. The van der Waals surface area contributed by atoms with Crippen LogP contribution in [0.4, 0.5) is 5.69 Å². The third kappa shape index (κ3) is 3.06. The summed E-state index contributed by atoms with van der Waals surface area (Å²) < 4.78 is 5.70. The van der Waals surface area contributed by atoms with Crippen LogP contribution in [0, 0.1) is 10.8 Å². The summed E-state index contributed by atoms with van der Waals surface area (Å²) in [7, 11) is 0. The number of nitrogens with one attached hydrogen (secondary N) is 1. The van der Waals surface area contributed by atoms with Gasteiger partial charge in [-0.2, -0.15) is 0 Å². The lowest BCUT2D eigenvalue weighted by Crippen LogP contribution is -2.31. The number of nitrogens with zero attached hydrogens (tertiary/aromatic N) is 1. The number of aliphatic carboxylic acids is 1. The van der Waals surface area contributed by atoms with Crippen molar-refractivity contribution in [3.05, 3.63) is 24.1 Å². The minimum absolute atomic E-state index is 0.0672. The van der Waals surface area contributed by atoms with Gasteiger partial charge in [0.1, 0.15) is 10.9 Å². The maximum Gasteiger partial charge on any atom is 0.319 e. The Bertz CT molecular complexity index is 781. The molecule has 1 saturated carbocycles. The molecule has 2 N–H and O–H groups in total. The third-order valence-electron chi connectivity index (χ3n) is 3.97. The van der Waals surface area contributed by atoms with Gasteiger partial charge < -0.3 is 14.8 Å². The van der Waals surface area contributed by atoms with Crippen LogP contribution in [0.5, 0.6) is 0 Å². The fourth-order valence-electron chi connectivity index (χ4n) is 2.50. The van der Waals surface area contributed by atoms with E-state index in [1.807, 2.05) is 0 Å². The van der Waals surface area contributed by atoms with Gasteiger partial charge in [0, 0.05) is 12.1 Å². The van der Waals surface area contributed by atoms with Gasteiger partial charge in [-0.3, -0.25) is 9.59 Å². The van der Waals surface area contributed by atoms with Gasteiger partial charge in [0.05, 0.1) is 0 Å². The van der Waals surface area contributed by atoms with Crippen LogP contribution in [0.2, 0.25) is 0 Å². The summed E-state index contributed by atoms with van der Waals surface area (Å²) in [6.07, 6.45) is 1.48. The number of carboxylic acid groups (broad SMARTS) is 1. The maximum absolute atomic E-state index is 12.1. The summed E-state index contributed by atoms with van der Waals surface area (Å²) in [5.74, 6) is -0.882. The van der Waals surface area contributed by atoms with Gasteiger partial charge in [-0.15, -0.1) is 0 Å². The van der Waals surface area contributed by atoms with Crippen LogP contribution in [0.3, 0.4) is 0 Å². The smallest absolute Gasteiger partial charge is 0.319 e. The zero-order chi connectivity index (χ0) is 16.8. The van der Waals surface area contributed by atoms with E-state index in [2.05, 4.69) is 31.1 Å². The minimum Gasteiger partial charge on any atom is -0.480 e. The van der Waals surface area contributed by atoms with Gasteiger partial charge in [0.15, 0.2) is 11.5 Å². The second-order valence-corrected chi connectivity index (χ2v) is 7.37. The zero-order valence-electron chi connectivity index (χ0n) is 13.5. The average molecular weight is 316 g/mol. The molecule has 1 fully saturated rings. The molecule has 1 amide bonds. The Morgan fingerprint density at radius 3 is 2.61 bits per heavy atom. The number of carbonyl (C=O) groups is 2. The molecule has 122 valence electrons. The number of hydrogen-bond donors (Lipinski definition) is 2. The number of rotatable bonds is 4. The predicted octanol–water partition coefficient (Wildman–Crippen LogP) is 3.22. The lowest BCUT2D eigenvalue weighted by Gasteiger charge is -2.14. The average Bonchev–Trinajstić information content (AvgIpc) is 3.14. The van der Waals surface area contributed by atoms with E-state index < -0.39 is 17.3 Å². The molecule has 0 saturated heterocycles. The van der Waals surface area contributed by atoms with Crippen LogP contribution in [-0.4, -0.2) is 22.0 Å². The molecule has 1 heterocycles. The fourth-order valence-corrected chi connectivity index (χ4v) is 2.50. The van der Waals surface area contributed by atoms with E-state index in [1.165, 1.54) is 0 Å². The van der Waals surface area contributed by atoms with Crippen LogP contribution in [0.1, 0.15) is 39.5 Å². The summed E-state index contributed by atoms with van der Waals surface area (Å²) >= 11 is 0. The minimum atomic E-state index is -1.25. The van der Waals surface area contributed by atoms with E-state index in [-0.39, 0.29) is 5.41 Å². The van der Waals surface area contributed by atoms with Crippen LogP contribution in [0.15, 0.2) is 22.6 Å². The molecule has 0 bridgehead atoms. The van der Waals surface area contributed by atoms with E-state index in [0.717, 1.165) is 0 Å². The summed E-state index contributed by atoms with van der Waals surface area (Å²) in [6.45, 7) is 6.32. The van der Waals surface area contributed by atoms with Gasteiger partial charge in [0.2, 0.25) is 5.91 Å². The Labute approximate surface area is 133 Å². The Hall–Kier alpha value is -2.37. The second kappa shape index (κ2) is 5.08. The molecule has 0 atom stereocenters. The molecule has 1 aliphatic carbocycles. The van der Waals surface area contributed by atoms with Gasteiger partial charge >= 0.3 is 5.97 Å². The lowest BCUT2D eigenvalue weighted by atomic mass is 9.92. The predicted molar refractivity (Wildman–Crippen MR) is 85.1 cm³/mol. The molecule has 1 aliphatic rings. The van der Waals surface area contributed by atoms with Crippen molar-refractivity contribution in [2.45, 2.75) is 40.0 Å². The van der Waals surface area contributed by atoms with Crippen molar-refractivity contribution in [1.82, 2.24) is 4.98 Å². The number of hydrogen-bond acceptors (Lipinski definition) is 4. The summed E-state index contributed by atoms with van der Waals surface area (Å²) in [5.41, 5.74) is 0.656. The molecule has 3 rings (SSSR count). The zero-order valence-corrected chi connectivity index (χ0v) is 13.5. The molecule has 2 aromatic rings. The Morgan fingerprint density at radius 2 is 2.04 bits per heavy atom. The Kier molecular flexibility index (Phi) is 3.43. The van der Waals surface area contributed by atoms with E-state index in [4.69, 9.17) is 9.52 Å². The SMILES string of the molecule is CC(C)(C)Cc1nc2cc(NC(=O)C3(C(=O)O)CC3)ccc2o1. The molecular formula is C17H20N2O4. The largest absolute Gasteiger partial charge is 0.480 e. The van der Waals surface area contributed by atoms with Crippen molar-refractivity contribution in [2.24, 2.45) is 10.8 Å². The topological polar surface area (TPSA) is 92.4 Å². The van der Waals surface area contributed by atoms with Crippen molar-refractivity contribution >= 4 is 28.7 Å². The maximum atomic E-state index is 12.1. The lowest BCUT2D eigenvalue weighted by molar-refractivity contribution is -0.147. The first-order valence-electron chi connectivity index (χ1n) is 7.64. The normalized spacial score (nSPS) is 16.3. The Morgan fingerprint density at radius 1 is 1.35 bits per heavy atom. The van der Waals surface area contributed by atoms with Gasteiger partial charge in [0.25, 0.3) is 0 Å². The van der Waals surface area contributed by atoms with E-state index in [0.29, 0.717) is 41.9 Å². The number of fused-ring (bicyclic) bond motifs is 1. The summed E-state index contributed by atoms with van der Waals surface area (Å²) in [5, 5.41) is 11.8. The first-order chi connectivity index (χ1) is 10.7. The molecule has 6 heteroatoms. The molecule has 6 nitrogen and oxygen atoms in total. The van der Waals surface area contributed by atoms with Gasteiger partial charge in [-0.1, -0.05) is 20.8 Å². The monoisotopic (exact) mass is 316 g/mol. The molecule has 23 heavy (non-hydrogen) atoms. The van der Waals surface area contributed by atoms with Gasteiger partial charge in [-0.05, 0) is 36.5 Å². The molecule has 1 aromatic heterocycles. The summed E-state index contributed by atoms with van der Waals surface area (Å²) in [4.78, 5) is 27.8. The highest BCUT2D eigenvalue weighted by Crippen LogP contribution is 2.46. The van der Waals surface area contributed by atoms with Crippen LogP contribution in [0.25, 0.3) is 11.1 Å². The molecule has 1 aromatic carbocycles. The first kappa shape index (κ1) is 15.5. The number of oxazole rings is 1. The van der Waals surface area contributed by atoms with Crippen molar-refractivity contribution in [1.29, 1.82) is 0 Å². The quantitative estimate of drug-likeness (QED) is 0.845. The highest BCUT2D eigenvalue weighted by Gasteiger charge is 2.57. The third-order valence-corrected chi connectivity index (χ3v) is 3.97. The molecular weight excluding hydrogens is 296 g/mol. The van der Waals surface area contributed by atoms with Crippen molar-refractivity contribution in [3.63, 3.8) is 0 Å². The fraction of sp³-hybridized carbons (Fsp3) is 0.471. The van der Waals surface area contributed by atoms with E-state index in [1.54, 1.807) is 18.2 Å². The number of amides is 1. The van der Waals surface area contributed by atoms with Gasteiger partial charge in [-0.25, -0.2) is 4.98 Å². The molecule has 0 radical (unpaired) electrons. The van der Waals surface area contributed by atoms with Crippen molar-refractivity contribution in [3.8, 4) is 0 Å². The van der Waals surface area contributed by atoms with Crippen molar-refractivity contribution < 1.29 is 19.1 Å². The Balaban J connectivity index is 1.80. The number of anilines is 1. The highest BCUT2D eigenvalue weighted by molar-refractivity contribution is 6.11. The van der Waals surface area contributed by atoms with Crippen LogP contribution in [-0.2, 0) is 16.0 Å². The molecule has 0 spiro atoms. The number of carbonyl (C=O) groups excluding carboxylic acids is 1. The number of benzene rings is 1. The van der Waals surface area contributed by atoms with E-state index in [9.17, 15) is 9.59 Å². The first-order valence-corrected chi connectivity index (χ1v) is 7.64. The van der Waals surface area contributed by atoms with E-state index >= 15 is 0 Å². The van der Waals surface area contributed by atoms with Crippen LogP contribution < -0.4 is 5.32 Å². The number of carboxylic acids is 1. The molecule has 0 unspecified atom stereocenters. The standard InChI is InChI=1S/C17H20N2O4/c1-16(2,3)9-13-19-11-8-10(4-5-12(11)23-13)18-14(20)17(6-7-17)15(21)22/h4-5,8H,6-7,9H2,1-3H3,(H,18,20)(H,21,22). The summed E-state index contributed by atoms with van der Waals surface area (Å²) in [6, 6.07) is 5.15. The van der Waals surface area contributed by atoms with Crippen molar-refractivity contribution in [2.75, 3.05) is 5.32 Å². The molecule has 0 aliphatic heterocycles. The highest BCUT2D eigenvalue weighted by atomic mass is 16.4. The van der Waals surface area contributed by atoms with Crippen LogP contribution >= 0.6 is 0 Å². The second-order valence-electron chi connectivity index (χ2n) is 7.37.